The number of fused-ring (bicyclic) bond motifs is 3. The molecule has 0 amide bonds. The Kier molecular flexibility index (Phi) is 3.99. The highest BCUT2D eigenvalue weighted by Gasteiger charge is 2.73. The van der Waals surface area contributed by atoms with E-state index in [9.17, 15) is 29.9 Å². The number of carbonyl (C=O) groups is 3. The van der Waals surface area contributed by atoms with Gasteiger partial charge in [-0.1, -0.05) is 24.3 Å². The number of hydrogen-bond acceptors (Lipinski definition) is 6. The van der Waals surface area contributed by atoms with Crippen LogP contribution in [0.1, 0.15) is 43.9 Å². The highest BCUT2D eigenvalue weighted by molar-refractivity contribution is 5.95. The number of nitrogens with zero attached hydrogens (tertiary/aromatic N) is 1. The third kappa shape index (κ3) is 2.18. The summed E-state index contributed by atoms with van der Waals surface area (Å²) in [6, 6.07) is 8.50. The van der Waals surface area contributed by atoms with E-state index in [2.05, 4.69) is 5.32 Å². The van der Waals surface area contributed by atoms with Gasteiger partial charge in [-0.05, 0) is 25.0 Å². The molecule has 3 N–H and O–H groups in total. The van der Waals surface area contributed by atoms with Crippen molar-refractivity contribution in [2.75, 3.05) is 0 Å². The average Bonchev–Trinajstić information content (AvgIpc) is 2.86. The Hall–Kier alpha value is -3.34. The minimum atomic E-state index is -2.05. The van der Waals surface area contributed by atoms with E-state index in [4.69, 9.17) is 4.74 Å². The number of nitriles is 1. The molecule has 8 heteroatoms. The molecular formula is C19H18N2O6. The van der Waals surface area contributed by atoms with Crippen LogP contribution in [0.5, 0.6) is 0 Å². The number of rotatable bonds is 3. The van der Waals surface area contributed by atoms with Crippen LogP contribution in [-0.4, -0.2) is 33.7 Å². The number of esters is 1. The van der Waals surface area contributed by atoms with E-state index in [1.54, 1.807) is 24.3 Å². The summed E-state index contributed by atoms with van der Waals surface area (Å²) in [7, 11) is 0. The van der Waals surface area contributed by atoms with Crippen molar-refractivity contribution in [3.05, 3.63) is 46.7 Å². The molecule has 3 rings (SSSR count). The molecule has 2 aliphatic rings. The third-order valence-electron chi connectivity index (χ3n) is 5.51. The second-order valence-electron chi connectivity index (χ2n) is 6.93. The number of carbonyl (C=O) groups excluding carboxylic acids is 1. The summed E-state index contributed by atoms with van der Waals surface area (Å²) in [6.07, 6.45) is -1.33. The van der Waals surface area contributed by atoms with E-state index in [1.165, 1.54) is 13.8 Å². The Morgan fingerprint density at radius 1 is 1.22 bits per heavy atom. The van der Waals surface area contributed by atoms with Gasteiger partial charge in [0.1, 0.15) is 11.6 Å². The van der Waals surface area contributed by atoms with E-state index in [-0.39, 0.29) is 11.3 Å². The number of nitrogens with one attached hydrogen (secondary N) is 1. The lowest BCUT2D eigenvalue weighted by Crippen LogP contribution is -2.65. The normalized spacial score (nSPS) is 31.2. The quantitative estimate of drug-likeness (QED) is 0.684. The van der Waals surface area contributed by atoms with Gasteiger partial charge in [0.15, 0.2) is 5.41 Å². The molecule has 8 nitrogen and oxygen atoms in total. The summed E-state index contributed by atoms with van der Waals surface area (Å²) >= 11 is 0. The molecule has 0 radical (unpaired) electrons. The van der Waals surface area contributed by atoms with Crippen molar-refractivity contribution in [1.29, 1.82) is 5.26 Å². The van der Waals surface area contributed by atoms with Crippen LogP contribution in [0.4, 0.5) is 0 Å². The van der Waals surface area contributed by atoms with Gasteiger partial charge >= 0.3 is 17.9 Å². The van der Waals surface area contributed by atoms with Crippen molar-refractivity contribution in [3.8, 4) is 6.07 Å². The molecular weight excluding hydrogens is 352 g/mol. The van der Waals surface area contributed by atoms with Crippen LogP contribution in [0.3, 0.4) is 0 Å². The number of carboxylic acids is 2. The number of allylic oxidation sites excluding steroid dienone is 1. The van der Waals surface area contributed by atoms with E-state index in [0.717, 1.165) is 6.92 Å². The van der Waals surface area contributed by atoms with Gasteiger partial charge in [-0.25, -0.2) is 4.79 Å². The lowest BCUT2D eigenvalue weighted by atomic mass is 9.58. The molecule has 0 saturated carbocycles. The number of hydrogen-bond donors (Lipinski definition) is 3. The Bertz CT molecular complexity index is 946. The molecule has 1 aliphatic heterocycles. The number of ether oxygens (including phenoxy) is 1. The Morgan fingerprint density at radius 2 is 1.81 bits per heavy atom. The van der Waals surface area contributed by atoms with Gasteiger partial charge in [0, 0.05) is 18.5 Å². The van der Waals surface area contributed by atoms with Crippen LogP contribution >= 0.6 is 0 Å². The van der Waals surface area contributed by atoms with E-state index < -0.39 is 40.9 Å². The number of aliphatic carboxylic acids is 2. The highest BCUT2D eigenvalue weighted by atomic mass is 16.5. The number of carboxylic acid groups (broad SMARTS) is 2. The summed E-state index contributed by atoms with van der Waals surface area (Å²) < 4.78 is 5.41. The molecule has 0 saturated heterocycles. The fourth-order valence-electron chi connectivity index (χ4n) is 4.53. The first-order valence-electron chi connectivity index (χ1n) is 8.24. The Balaban J connectivity index is 2.48. The van der Waals surface area contributed by atoms with Crippen molar-refractivity contribution in [3.63, 3.8) is 0 Å². The average molecular weight is 370 g/mol. The van der Waals surface area contributed by atoms with Crippen molar-refractivity contribution >= 4 is 17.9 Å². The van der Waals surface area contributed by atoms with Crippen LogP contribution in [0, 0.1) is 16.7 Å². The van der Waals surface area contributed by atoms with Gasteiger partial charge in [-0.2, -0.15) is 5.26 Å². The summed E-state index contributed by atoms with van der Waals surface area (Å²) in [6.45, 7) is 4.02. The molecule has 1 aliphatic carbocycles. The van der Waals surface area contributed by atoms with Crippen molar-refractivity contribution in [2.24, 2.45) is 5.41 Å². The van der Waals surface area contributed by atoms with Gasteiger partial charge in [0.2, 0.25) is 0 Å². The zero-order valence-electron chi connectivity index (χ0n) is 14.9. The predicted molar refractivity (Wildman–Crippen MR) is 91.2 cm³/mol. The maximum Gasteiger partial charge on any atom is 0.333 e. The molecule has 4 atom stereocenters. The predicted octanol–water partition coefficient (Wildman–Crippen LogP) is 1.70. The molecule has 0 spiro atoms. The van der Waals surface area contributed by atoms with Crippen LogP contribution in [0.25, 0.3) is 0 Å². The fourth-order valence-corrected chi connectivity index (χ4v) is 4.53. The first-order valence-corrected chi connectivity index (χ1v) is 8.24. The monoisotopic (exact) mass is 370 g/mol. The van der Waals surface area contributed by atoms with Crippen LogP contribution in [-0.2, 0) is 19.1 Å². The van der Waals surface area contributed by atoms with Gasteiger partial charge in [0.25, 0.3) is 0 Å². The summed E-state index contributed by atoms with van der Waals surface area (Å²) in [5.74, 6) is -4.61. The molecule has 1 heterocycles. The zero-order chi connectivity index (χ0) is 20.1. The van der Waals surface area contributed by atoms with Crippen molar-refractivity contribution in [2.45, 2.75) is 38.3 Å². The minimum Gasteiger partial charge on any atom is -0.481 e. The second kappa shape index (κ2) is 5.84. The lowest BCUT2D eigenvalue weighted by molar-refractivity contribution is -0.175. The fraction of sp³-hybridized carbons (Fsp3) is 0.368. The van der Waals surface area contributed by atoms with Crippen LogP contribution in [0.15, 0.2) is 35.5 Å². The van der Waals surface area contributed by atoms with Crippen molar-refractivity contribution in [1.82, 2.24) is 5.32 Å². The molecule has 27 heavy (non-hydrogen) atoms. The second-order valence-corrected chi connectivity index (χ2v) is 6.93. The summed E-state index contributed by atoms with van der Waals surface area (Å²) in [5.41, 5.74) is -2.93. The first kappa shape index (κ1) is 18.5. The van der Waals surface area contributed by atoms with Crippen molar-refractivity contribution < 1.29 is 29.3 Å². The van der Waals surface area contributed by atoms with Crippen LogP contribution < -0.4 is 5.32 Å². The maximum atomic E-state index is 12.7. The molecule has 1 aromatic rings. The smallest absolute Gasteiger partial charge is 0.333 e. The van der Waals surface area contributed by atoms with E-state index >= 15 is 0 Å². The highest BCUT2D eigenvalue weighted by Crippen LogP contribution is 2.65. The lowest BCUT2D eigenvalue weighted by Gasteiger charge is -2.49. The van der Waals surface area contributed by atoms with E-state index in [0.29, 0.717) is 11.1 Å². The van der Waals surface area contributed by atoms with Crippen LogP contribution in [0.2, 0.25) is 0 Å². The first-order chi connectivity index (χ1) is 12.6. The zero-order valence-corrected chi connectivity index (χ0v) is 14.9. The molecule has 4 unspecified atom stereocenters. The Morgan fingerprint density at radius 3 is 2.30 bits per heavy atom. The third-order valence-corrected chi connectivity index (χ3v) is 5.51. The Labute approximate surface area is 155 Å². The number of benzene rings is 1. The van der Waals surface area contributed by atoms with E-state index in [1.807, 2.05) is 6.07 Å². The topological polar surface area (TPSA) is 137 Å². The van der Waals surface area contributed by atoms with Gasteiger partial charge in [-0.15, -0.1) is 0 Å². The SMILES string of the molecule is CC(=O)OC1c2ccccc2C2C(C(=O)O)=C(C)NC(C)(C#N)C12C(=O)O. The molecule has 0 aromatic heterocycles. The summed E-state index contributed by atoms with van der Waals surface area (Å²) in [4.78, 5) is 36.5. The molecule has 140 valence electrons. The standard InChI is InChI=1S/C19H18N2O6/c1-9-13(16(23)24)14-11-6-4-5-7-12(11)15(27-10(2)22)19(14,17(25)26)18(3,8-20)21-9/h4-7,14-15,21H,1-3H3,(H,23,24)(H,25,26). The summed E-state index contributed by atoms with van der Waals surface area (Å²) in [5, 5.41) is 32.8. The molecule has 0 bridgehead atoms. The van der Waals surface area contributed by atoms with Gasteiger partial charge < -0.3 is 20.3 Å². The van der Waals surface area contributed by atoms with Gasteiger partial charge in [-0.3, -0.25) is 9.59 Å². The van der Waals surface area contributed by atoms with Gasteiger partial charge in [0.05, 0.1) is 11.6 Å². The molecule has 1 aromatic carbocycles. The maximum absolute atomic E-state index is 12.7. The molecule has 0 fully saturated rings. The largest absolute Gasteiger partial charge is 0.481 e. The minimum absolute atomic E-state index is 0.160.